The molecular weight excluding hydrogens is 232 g/mol. The number of fused-ring (bicyclic) bond motifs is 1. The van der Waals surface area contributed by atoms with Crippen LogP contribution in [0.15, 0.2) is 6.07 Å². The highest BCUT2D eigenvalue weighted by molar-refractivity contribution is 5.35. The third-order valence-electron chi connectivity index (χ3n) is 5.29. The fourth-order valence-corrected chi connectivity index (χ4v) is 4.22. The van der Waals surface area contributed by atoms with E-state index in [1.807, 2.05) is 0 Å². The molecular formula is C17H28N2. The van der Waals surface area contributed by atoms with Gasteiger partial charge in [0.1, 0.15) is 0 Å². The van der Waals surface area contributed by atoms with Crippen molar-refractivity contribution in [2.45, 2.75) is 71.9 Å². The summed E-state index contributed by atoms with van der Waals surface area (Å²) in [5.41, 5.74) is 11.3. The SMILES string of the molecule is Cc1cc2c(n1C(C)(C)C1CC1)CC(C)(C)CC2N. The zero-order chi connectivity index (χ0) is 14.0. The molecule has 1 atom stereocenters. The van der Waals surface area contributed by atoms with E-state index in [1.54, 1.807) is 0 Å². The van der Waals surface area contributed by atoms with Gasteiger partial charge < -0.3 is 10.3 Å². The molecule has 3 rings (SSSR count). The van der Waals surface area contributed by atoms with Crippen LogP contribution in [0, 0.1) is 18.3 Å². The zero-order valence-electron chi connectivity index (χ0n) is 13.1. The minimum Gasteiger partial charge on any atom is -0.343 e. The molecule has 19 heavy (non-hydrogen) atoms. The van der Waals surface area contributed by atoms with Crippen LogP contribution in [0.1, 0.15) is 70.0 Å². The summed E-state index contributed by atoms with van der Waals surface area (Å²) in [5, 5.41) is 0. The van der Waals surface area contributed by atoms with Crippen molar-refractivity contribution >= 4 is 0 Å². The minimum absolute atomic E-state index is 0.216. The van der Waals surface area contributed by atoms with E-state index in [0.717, 1.165) is 12.3 Å². The molecule has 2 aliphatic rings. The number of aromatic nitrogens is 1. The Morgan fingerprint density at radius 3 is 2.53 bits per heavy atom. The smallest absolute Gasteiger partial charge is 0.0417 e. The van der Waals surface area contributed by atoms with Crippen LogP contribution >= 0.6 is 0 Å². The van der Waals surface area contributed by atoms with Gasteiger partial charge in [0.15, 0.2) is 0 Å². The van der Waals surface area contributed by atoms with Gasteiger partial charge in [-0.15, -0.1) is 0 Å². The quantitative estimate of drug-likeness (QED) is 0.858. The molecule has 2 aliphatic carbocycles. The molecule has 106 valence electrons. The fraction of sp³-hybridized carbons (Fsp3) is 0.765. The second kappa shape index (κ2) is 3.88. The number of nitrogens with two attached hydrogens (primary N) is 1. The van der Waals surface area contributed by atoms with Crippen LogP contribution in [0.5, 0.6) is 0 Å². The van der Waals surface area contributed by atoms with E-state index in [0.29, 0.717) is 5.41 Å². The van der Waals surface area contributed by atoms with Gasteiger partial charge in [0.25, 0.3) is 0 Å². The lowest BCUT2D eigenvalue weighted by atomic mass is 9.74. The van der Waals surface area contributed by atoms with E-state index in [2.05, 4.69) is 45.3 Å². The molecule has 2 nitrogen and oxygen atoms in total. The van der Waals surface area contributed by atoms with Gasteiger partial charge in [0.2, 0.25) is 0 Å². The number of hydrogen-bond acceptors (Lipinski definition) is 1. The maximum absolute atomic E-state index is 6.43. The average molecular weight is 260 g/mol. The Balaban J connectivity index is 2.12. The third kappa shape index (κ3) is 2.05. The Bertz CT molecular complexity index is 504. The molecule has 0 amide bonds. The summed E-state index contributed by atoms with van der Waals surface area (Å²) in [5.74, 6) is 0.851. The van der Waals surface area contributed by atoms with Gasteiger partial charge in [0.05, 0.1) is 0 Å². The summed E-state index contributed by atoms with van der Waals surface area (Å²) in [6, 6.07) is 2.56. The first kappa shape index (κ1) is 13.2. The Kier molecular flexibility index (Phi) is 2.70. The van der Waals surface area contributed by atoms with Crippen LogP contribution in [0.2, 0.25) is 0 Å². The number of hydrogen-bond donors (Lipinski definition) is 1. The molecule has 2 N–H and O–H groups in total. The van der Waals surface area contributed by atoms with E-state index in [-0.39, 0.29) is 11.6 Å². The minimum atomic E-state index is 0.216. The van der Waals surface area contributed by atoms with Crippen molar-refractivity contribution in [3.05, 3.63) is 23.0 Å². The van der Waals surface area contributed by atoms with Crippen LogP contribution in [-0.4, -0.2) is 4.57 Å². The number of rotatable bonds is 2. The van der Waals surface area contributed by atoms with Gasteiger partial charge in [-0.1, -0.05) is 13.8 Å². The van der Waals surface area contributed by atoms with Crippen molar-refractivity contribution in [1.29, 1.82) is 0 Å². The van der Waals surface area contributed by atoms with Gasteiger partial charge in [0, 0.05) is 23.0 Å². The largest absolute Gasteiger partial charge is 0.343 e. The van der Waals surface area contributed by atoms with Gasteiger partial charge in [-0.2, -0.15) is 0 Å². The first-order valence-electron chi connectivity index (χ1n) is 7.69. The Morgan fingerprint density at radius 2 is 1.95 bits per heavy atom. The van der Waals surface area contributed by atoms with Gasteiger partial charge in [-0.25, -0.2) is 0 Å². The molecule has 1 aromatic heterocycles. The van der Waals surface area contributed by atoms with E-state index in [9.17, 15) is 0 Å². The summed E-state index contributed by atoms with van der Waals surface area (Å²) in [7, 11) is 0. The van der Waals surface area contributed by atoms with Crippen LogP contribution in [0.25, 0.3) is 0 Å². The molecule has 2 heteroatoms. The maximum atomic E-state index is 6.43. The number of nitrogens with zero attached hydrogens (tertiary/aromatic N) is 1. The molecule has 0 radical (unpaired) electrons. The molecule has 1 saturated carbocycles. The molecule has 1 fully saturated rings. The highest BCUT2D eigenvalue weighted by Gasteiger charge is 2.43. The molecule has 1 unspecified atom stereocenters. The van der Waals surface area contributed by atoms with Crippen LogP contribution < -0.4 is 5.73 Å². The van der Waals surface area contributed by atoms with Crippen LogP contribution in [-0.2, 0) is 12.0 Å². The monoisotopic (exact) mass is 260 g/mol. The lowest BCUT2D eigenvalue weighted by Gasteiger charge is -2.38. The van der Waals surface area contributed by atoms with E-state index in [4.69, 9.17) is 5.73 Å². The lowest BCUT2D eigenvalue weighted by molar-refractivity contribution is 0.243. The summed E-state index contributed by atoms with van der Waals surface area (Å²) < 4.78 is 2.61. The Labute approximate surface area is 117 Å². The van der Waals surface area contributed by atoms with Gasteiger partial charge in [-0.05, 0) is 69.4 Å². The van der Waals surface area contributed by atoms with Gasteiger partial charge >= 0.3 is 0 Å². The topological polar surface area (TPSA) is 30.9 Å². The highest BCUT2D eigenvalue weighted by atomic mass is 15.1. The normalized spacial score (nSPS) is 26.3. The second-order valence-electron chi connectivity index (χ2n) is 8.10. The van der Waals surface area contributed by atoms with Crippen molar-refractivity contribution in [2.24, 2.45) is 17.1 Å². The molecule has 0 aromatic carbocycles. The maximum Gasteiger partial charge on any atom is 0.0417 e. The second-order valence-corrected chi connectivity index (χ2v) is 8.10. The van der Waals surface area contributed by atoms with Crippen molar-refractivity contribution < 1.29 is 0 Å². The zero-order valence-corrected chi connectivity index (χ0v) is 13.1. The molecule has 1 aromatic rings. The van der Waals surface area contributed by atoms with E-state index >= 15 is 0 Å². The lowest BCUT2D eigenvalue weighted by Crippen LogP contribution is -2.36. The van der Waals surface area contributed by atoms with Crippen molar-refractivity contribution in [3.8, 4) is 0 Å². The van der Waals surface area contributed by atoms with Crippen molar-refractivity contribution in [2.75, 3.05) is 0 Å². The highest BCUT2D eigenvalue weighted by Crippen LogP contribution is 2.48. The van der Waals surface area contributed by atoms with E-state index in [1.165, 1.54) is 36.2 Å². The van der Waals surface area contributed by atoms with Crippen molar-refractivity contribution in [1.82, 2.24) is 4.57 Å². The Morgan fingerprint density at radius 1 is 1.32 bits per heavy atom. The van der Waals surface area contributed by atoms with E-state index < -0.39 is 0 Å². The first-order chi connectivity index (χ1) is 8.72. The molecule has 0 saturated heterocycles. The predicted molar refractivity (Wildman–Crippen MR) is 80.2 cm³/mol. The fourth-order valence-electron chi connectivity index (χ4n) is 4.22. The summed E-state index contributed by atoms with van der Waals surface area (Å²) >= 11 is 0. The van der Waals surface area contributed by atoms with Crippen molar-refractivity contribution in [3.63, 3.8) is 0 Å². The molecule has 0 bridgehead atoms. The molecule has 0 aliphatic heterocycles. The van der Waals surface area contributed by atoms with Crippen LogP contribution in [0.3, 0.4) is 0 Å². The summed E-state index contributed by atoms with van der Waals surface area (Å²) in [4.78, 5) is 0. The summed E-state index contributed by atoms with van der Waals surface area (Å²) in [6.45, 7) is 11.8. The Hall–Kier alpha value is -0.760. The van der Waals surface area contributed by atoms with Gasteiger partial charge in [-0.3, -0.25) is 0 Å². The first-order valence-corrected chi connectivity index (χ1v) is 7.69. The molecule has 0 spiro atoms. The average Bonchev–Trinajstić information content (AvgIpc) is 3.02. The number of aryl methyl sites for hydroxylation is 1. The predicted octanol–water partition coefficient (Wildman–Crippen LogP) is 3.91. The van der Waals surface area contributed by atoms with Crippen LogP contribution in [0.4, 0.5) is 0 Å². The standard InChI is InChI=1S/C17H28N2/c1-11-8-13-14(18)9-16(2,3)10-15(13)19(11)17(4,5)12-6-7-12/h8,12,14H,6-7,9-10,18H2,1-5H3. The third-order valence-corrected chi connectivity index (χ3v) is 5.29. The molecule has 1 heterocycles. The summed E-state index contributed by atoms with van der Waals surface area (Å²) in [6.07, 6.45) is 5.04.